The molecule has 0 saturated heterocycles. The minimum absolute atomic E-state index is 0.0808. The zero-order valence-corrected chi connectivity index (χ0v) is 28.5. The highest BCUT2D eigenvalue weighted by molar-refractivity contribution is 5.75. The maximum absolute atomic E-state index is 12.3. The number of aliphatic hydroxyl groups is 2. The van der Waals surface area contributed by atoms with Crippen LogP contribution in [0.5, 0.6) is 0 Å². The molecular formula is C37H73NO5. The number of hydrogen-bond donors (Lipinski definition) is 3. The Labute approximate surface area is 266 Å². The van der Waals surface area contributed by atoms with E-state index in [1.807, 2.05) is 0 Å². The smallest absolute Gasteiger partial charge is 0.306 e. The number of aliphatic hydroxyl groups excluding tert-OH is 2. The Kier molecular flexibility index (Phi) is 34.4. The molecule has 0 aromatic rings. The van der Waals surface area contributed by atoms with Crippen LogP contribution in [-0.2, 0) is 14.3 Å². The molecule has 0 aliphatic rings. The van der Waals surface area contributed by atoms with E-state index in [0.29, 0.717) is 32.2 Å². The standard InChI is InChI=1S/C37H73NO5/c1-2-3-4-5-6-7-8-9-14-17-20-23-26-30-37(42)43-35(31-34-40)28-24-21-18-15-12-10-11-13-16-19-22-25-29-36(41)38-32-27-33-39/h35,39-40H,2-34H2,1H3,(H,38,41). The Morgan fingerprint density at radius 3 is 1.37 bits per heavy atom. The van der Waals surface area contributed by atoms with E-state index in [2.05, 4.69) is 12.2 Å². The lowest BCUT2D eigenvalue weighted by Crippen LogP contribution is -2.24. The third-order valence-corrected chi connectivity index (χ3v) is 8.57. The summed E-state index contributed by atoms with van der Waals surface area (Å²) in [5.41, 5.74) is 0. The monoisotopic (exact) mass is 612 g/mol. The highest BCUT2D eigenvalue weighted by Gasteiger charge is 2.13. The second-order valence-corrected chi connectivity index (χ2v) is 12.8. The second kappa shape index (κ2) is 35.3. The van der Waals surface area contributed by atoms with Gasteiger partial charge in [0.15, 0.2) is 0 Å². The summed E-state index contributed by atoms with van der Waals surface area (Å²) in [4.78, 5) is 23.9. The first-order valence-corrected chi connectivity index (χ1v) is 18.8. The number of nitrogens with one attached hydrogen (secondary N) is 1. The van der Waals surface area contributed by atoms with Gasteiger partial charge in [-0.2, -0.15) is 0 Å². The summed E-state index contributed by atoms with van der Waals surface area (Å²) in [6.07, 6.45) is 34.5. The van der Waals surface area contributed by atoms with Crippen LogP contribution in [0.2, 0.25) is 0 Å². The van der Waals surface area contributed by atoms with Crippen molar-refractivity contribution in [3.63, 3.8) is 0 Å². The molecule has 0 radical (unpaired) electrons. The molecule has 1 atom stereocenters. The third kappa shape index (κ3) is 33.6. The Hall–Kier alpha value is -1.14. The molecule has 0 heterocycles. The SMILES string of the molecule is CCCCCCCCCCCCCCCC(=O)OC(CCO)CCCCCCCCCCCCCCC(=O)NCCCO. The first-order valence-electron chi connectivity index (χ1n) is 18.8. The molecule has 43 heavy (non-hydrogen) atoms. The van der Waals surface area contributed by atoms with Crippen LogP contribution in [0.15, 0.2) is 0 Å². The number of amides is 1. The van der Waals surface area contributed by atoms with E-state index < -0.39 is 0 Å². The largest absolute Gasteiger partial charge is 0.462 e. The lowest BCUT2D eigenvalue weighted by atomic mass is 10.0. The van der Waals surface area contributed by atoms with Crippen LogP contribution < -0.4 is 5.32 Å². The number of rotatable bonds is 35. The maximum atomic E-state index is 12.3. The lowest BCUT2D eigenvalue weighted by molar-refractivity contribution is -0.150. The van der Waals surface area contributed by atoms with Gasteiger partial charge in [0.1, 0.15) is 6.10 Å². The molecule has 0 aromatic carbocycles. The van der Waals surface area contributed by atoms with Gasteiger partial charge in [-0.1, -0.05) is 148 Å². The van der Waals surface area contributed by atoms with Crippen molar-refractivity contribution in [1.82, 2.24) is 5.32 Å². The number of carbonyl (C=O) groups is 2. The van der Waals surface area contributed by atoms with Gasteiger partial charge in [-0.3, -0.25) is 9.59 Å². The van der Waals surface area contributed by atoms with Crippen LogP contribution in [0.1, 0.15) is 200 Å². The molecule has 0 saturated carbocycles. The predicted octanol–water partition coefficient (Wildman–Crippen LogP) is 9.72. The van der Waals surface area contributed by atoms with E-state index in [-0.39, 0.29) is 31.2 Å². The van der Waals surface area contributed by atoms with E-state index in [1.165, 1.54) is 128 Å². The van der Waals surface area contributed by atoms with Crippen molar-refractivity contribution in [2.24, 2.45) is 0 Å². The van der Waals surface area contributed by atoms with Crippen molar-refractivity contribution in [2.75, 3.05) is 19.8 Å². The number of esters is 1. The van der Waals surface area contributed by atoms with Crippen molar-refractivity contribution in [3.05, 3.63) is 0 Å². The summed E-state index contributed by atoms with van der Waals surface area (Å²) in [5, 5.41) is 21.0. The van der Waals surface area contributed by atoms with Crippen LogP contribution in [0.4, 0.5) is 0 Å². The molecule has 1 amide bonds. The van der Waals surface area contributed by atoms with Crippen LogP contribution in [0.25, 0.3) is 0 Å². The van der Waals surface area contributed by atoms with Crippen molar-refractivity contribution in [3.8, 4) is 0 Å². The molecule has 0 aromatic heterocycles. The maximum Gasteiger partial charge on any atom is 0.306 e. The topological polar surface area (TPSA) is 95.9 Å². The minimum Gasteiger partial charge on any atom is -0.462 e. The fourth-order valence-electron chi connectivity index (χ4n) is 5.76. The first-order chi connectivity index (χ1) is 21.1. The van der Waals surface area contributed by atoms with Crippen molar-refractivity contribution in [1.29, 1.82) is 0 Å². The second-order valence-electron chi connectivity index (χ2n) is 12.8. The molecule has 0 aliphatic heterocycles. The highest BCUT2D eigenvalue weighted by atomic mass is 16.5. The van der Waals surface area contributed by atoms with Gasteiger partial charge in [-0.25, -0.2) is 0 Å². The predicted molar refractivity (Wildman–Crippen MR) is 181 cm³/mol. The minimum atomic E-state index is -0.125. The summed E-state index contributed by atoms with van der Waals surface area (Å²) in [6, 6.07) is 0. The zero-order valence-electron chi connectivity index (χ0n) is 28.5. The van der Waals surface area contributed by atoms with Gasteiger partial charge in [0.2, 0.25) is 5.91 Å². The molecule has 0 aliphatic carbocycles. The first kappa shape index (κ1) is 41.9. The third-order valence-electron chi connectivity index (χ3n) is 8.57. The summed E-state index contributed by atoms with van der Waals surface area (Å²) in [6.45, 7) is 3.06. The van der Waals surface area contributed by atoms with Gasteiger partial charge in [0.05, 0.1) is 0 Å². The summed E-state index contributed by atoms with van der Waals surface area (Å²) in [7, 11) is 0. The van der Waals surface area contributed by atoms with Gasteiger partial charge in [-0.15, -0.1) is 0 Å². The van der Waals surface area contributed by atoms with Crippen molar-refractivity contribution < 1.29 is 24.5 Å². The van der Waals surface area contributed by atoms with E-state index >= 15 is 0 Å². The molecule has 256 valence electrons. The fourth-order valence-corrected chi connectivity index (χ4v) is 5.76. The normalized spacial score (nSPS) is 12.0. The molecule has 3 N–H and O–H groups in total. The Bertz CT molecular complexity index is 585. The summed E-state index contributed by atoms with van der Waals surface area (Å²) in [5.74, 6) is 0.0277. The Morgan fingerprint density at radius 2 is 0.930 bits per heavy atom. The van der Waals surface area contributed by atoms with Gasteiger partial charge >= 0.3 is 5.97 Å². The number of hydrogen-bond acceptors (Lipinski definition) is 5. The van der Waals surface area contributed by atoms with E-state index in [9.17, 15) is 14.7 Å². The molecule has 1 unspecified atom stereocenters. The van der Waals surface area contributed by atoms with Crippen molar-refractivity contribution >= 4 is 11.9 Å². The molecule has 6 nitrogen and oxygen atoms in total. The van der Waals surface area contributed by atoms with Crippen LogP contribution in [0, 0.1) is 0 Å². The van der Waals surface area contributed by atoms with Crippen LogP contribution in [0.3, 0.4) is 0 Å². The van der Waals surface area contributed by atoms with Crippen LogP contribution in [-0.4, -0.2) is 48.0 Å². The molecule has 0 fully saturated rings. The number of carbonyl (C=O) groups excluding carboxylic acids is 2. The molecular weight excluding hydrogens is 538 g/mol. The Morgan fingerprint density at radius 1 is 0.512 bits per heavy atom. The Balaban J connectivity index is 3.52. The zero-order chi connectivity index (χ0) is 31.5. The van der Waals surface area contributed by atoms with Gasteiger partial charge in [0.25, 0.3) is 0 Å². The summed E-state index contributed by atoms with van der Waals surface area (Å²) >= 11 is 0. The summed E-state index contributed by atoms with van der Waals surface area (Å²) < 4.78 is 5.71. The van der Waals surface area contributed by atoms with Crippen molar-refractivity contribution in [2.45, 2.75) is 206 Å². The van der Waals surface area contributed by atoms with E-state index in [4.69, 9.17) is 9.84 Å². The fraction of sp³-hybridized carbons (Fsp3) is 0.946. The lowest BCUT2D eigenvalue weighted by Gasteiger charge is -2.17. The number of unbranched alkanes of at least 4 members (excludes halogenated alkanes) is 23. The molecule has 0 spiro atoms. The average molecular weight is 612 g/mol. The number of ether oxygens (including phenoxy) is 1. The van der Waals surface area contributed by atoms with Gasteiger partial charge in [0, 0.05) is 39.0 Å². The molecule has 0 bridgehead atoms. The highest BCUT2D eigenvalue weighted by Crippen LogP contribution is 2.17. The van der Waals surface area contributed by atoms with Gasteiger partial charge in [-0.05, 0) is 32.1 Å². The average Bonchev–Trinajstić information content (AvgIpc) is 2.99. The molecule has 0 rings (SSSR count). The van der Waals surface area contributed by atoms with Crippen LogP contribution >= 0.6 is 0 Å². The quantitative estimate of drug-likeness (QED) is 0.0490. The van der Waals surface area contributed by atoms with E-state index in [1.54, 1.807) is 0 Å². The van der Waals surface area contributed by atoms with E-state index in [0.717, 1.165) is 38.5 Å². The van der Waals surface area contributed by atoms with Gasteiger partial charge < -0.3 is 20.3 Å². The molecule has 6 heteroatoms.